The molecule has 0 aromatic carbocycles. The summed E-state index contributed by atoms with van der Waals surface area (Å²) in [4.78, 5) is 25.3. The van der Waals surface area contributed by atoms with E-state index in [1.807, 2.05) is 13.0 Å². The SMILES string of the molecule is CC/C=C/N(C)C(=O)[C@H](COC)NC(=O)OC(C)(C)C. The van der Waals surface area contributed by atoms with Crippen molar-refractivity contribution in [1.29, 1.82) is 0 Å². The van der Waals surface area contributed by atoms with Crippen LogP contribution in [0.1, 0.15) is 34.1 Å². The topological polar surface area (TPSA) is 67.9 Å². The maximum atomic E-state index is 12.2. The Labute approximate surface area is 121 Å². The lowest BCUT2D eigenvalue weighted by Crippen LogP contribution is -2.49. The molecule has 6 heteroatoms. The molecule has 0 rings (SSSR count). The second kappa shape index (κ2) is 8.58. The van der Waals surface area contributed by atoms with Gasteiger partial charge in [-0.05, 0) is 27.2 Å². The van der Waals surface area contributed by atoms with E-state index < -0.39 is 17.7 Å². The quantitative estimate of drug-likeness (QED) is 0.810. The molecule has 6 nitrogen and oxygen atoms in total. The Morgan fingerprint density at radius 2 is 1.95 bits per heavy atom. The first-order valence-corrected chi connectivity index (χ1v) is 6.63. The van der Waals surface area contributed by atoms with Crippen molar-refractivity contribution < 1.29 is 19.1 Å². The summed E-state index contributed by atoms with van der Waals surface area (Å²) in [6.45, 7) is 7.34. The molecule has 0 aromatic rings. The molecule has 0 fully saturated rings. The van der Waals surface area contributed by atoms with Crippen molar-refractivity contribution in [1.82, 2.24) is 10.2 Å². The number of allylic oxidation sites excluding steroid dienone is 1. The molecule has 0 spiro atoms. The number of hydrogen-bond acceptors (Lipinski definition) is 4. The lowest BCUT2D eigenvalue weighted by Gasteiger charge is -2.24. The van der Waals surface area contributed by atoms with Crippen LogP contribution in [0.4, 0.5) is 4.79 Å². The molecule has 0 radical (unpaired) electrons. The van der Waals surface area contributed by atoms with Gasteiger partial charge in [-0.15, -0.1) is 0 Å². The first-order valence-electron chi connectivity index (χ1n) is 6.63. The Bertz CT molecular complexity index is 348. The van der Waals surface area contributed by atoms with Crippen molar-refractivity contribution in [2.24, 2.45) is 0 Å². The minimum absolute atomic E-state index is 0.0857. The summed E-state index contributed by atoms with van der Waals surface area (Å²) in [7, 11) is 3.10. The highest BCUT2D eigenvalue weighted by molar-refractivity contribution is 5.86. The maximum Gasteiger partial charge on any atom is 0.408 e. The van der Waals surface area contributed by atoms with Crippen LogP contribution in [0.5, 0.6) is 0 Å². The Balaban J connectivity index is 4.67. The first-order chi connectivity index (χ1) is 9.21. The monoisotopic (exact) mass is 286 g/mol. The third kappa shape index (κ3) is 7.78. The minimum atomic E-state index is -0.777. The summed E-state index contributed by atoms with van der Waals surface area (Å²) >= 11 is 0. The van der Waals surface area contributed by atoms with E-state index in [9.17, 15) is 9.59 Å². The zero-order valence-corrected chi connectivity index (χ0v) is 13.2. The fourth-order valence-electron chi connectivity index (χ4n) is 1.37. The van der Waals surface area contributed by atoms with Crippen LogP contribution in [-0.4, -0.2) is 49.3 Å². The fourth-order valence-corrected chi connectivity index (χ4v) is 1.37. The third-order valence-corrected chi connectivity index (χ3v) is 2.23. The van der Waals surface area contributed by atoms with E-state index in [0.29, 0.717) is 0 Å². The summed E-state index contributed by atoms with van der Waals surface area (Å²) < 4.78 is 10.1. The van der Waals surface area contributed by atoms with Crippen LogP contribution in [0.15, 0.2) is 12.3 Å². The first kappa shape index (κ1) is 18.4. The van der Waals surface area contributed by atoms with Crippen LogP contribution < -0.4 is 5.32 Å². The number of nitrogens with zero attached hydrogens (tertiary/aromatic N) is 1. The summed E-state index contributed by atoms with van der Waals surface area (Å²) in [5, 5.41) is 2.52. The number of alkyl carbamates (subject to hydrolysis) is 1. The largest absolute Gasteiger partial charge is 0.444 e. The molecule has 2 amide bonds. The zero-order valence-electron chi connectivity index (χ0n) is 13.2. The van der Waals surface area contributed by atoms with Crippen LogP contribution in [0.2, 0.25) is 0 Å². The number of ether oxygens (including phenoxy) is 2. The smallest absolute Gasteiger partial charge is 0.408 e. The van der Waals surface area contributed by atoms with Gasteiger partial charge in [0.1, 0.15) is 11.6 Å². The summed E-state index contributed by atoms with van der Waals surface area (Å²) in [6, 6.07) is -0.777. The molecular formula is C14H26N2O4. The van der Waals surface area contributed by atoms with Gasteiger partial charge >= 0.3 is 6.09 Å². The van der Waals surface area contributed by atoms with Crippen LogP contribution >= 0.6 is 0 Å². The van der Waals surface area contributed by atoms with Gasteiger partial charge in [0, 0.05) is 20.4 Å². The average molecular weight is 286 g/mol. The van der Waals surface area contributed by atoms with E-state index in [4.69, 9.17) is 9.47 Å². The summed E-state index contributed by atoms with van der Waals surface area (Å²) in [5.74, 6) is -0.262. The third-order valence-electron chi connectivity index (χ3n) is 2.23. The highest BCUT2D eigenvalue weighted by Crippen LogP contribution is 2.07. The lowest BCUT2D eigenvalue weighted by molar-refractivity contribution is -0.131. The normalized spacial score (nSPS) is 13.1. The van der Waals surface area contributed by atoms with Gasteiger partial charge in [-0.25, -0.2) is 4.79 Å². The molecule has 0 saturated carbocycles. The fraction of sp³-hybridized carbons (Fsp3) is 0.714. The maximum absolute atomic E-state index is 12.2. The van der Waals surface area contributed by atoms with Crippen molar-refractivity contribution in [3.63, 3.8) is 0 Å². The van der Waals surface area contributed by atoms with Gasteiger partial charge in [0.15, 0.2) is 0 Å². The molecule has 0 unspecified atom stereocenters. The zero-order chi connectivity index (χ0) is 15.8. The van der Waals surface area contributed by atoms with Gasteiger partial charge in [-0.1, -0.05) is 13.0 Å². The second-order valence-corrected chi connectivity index (χ2v) is 5.40. The Hall–Kier alpha value is -1.56. The number of likely N-dealkylation sites (N-methyl/N-ethyl adjacent to an activating group) is 1. The number of nitrogens with one attached hydrogen (secondary N) is 1. The Morgan fingerprint density at radius 3 is 2.40 bits per heavy atom. The summed E-state index contributed by atoms with van der Waals surface area (Å²) in [6.07, 6.45) is 3.71. The molecule has 0 aliphatic carbocycles. The van der Waals surface area contributed by atoms with Crippen molar-refractivity contribution in [3.05, 3.63) is 12.3 Å². The summed E-state index contributed by atoms with van der Waals surface area (Å²) in [5.41, 5.74) is -0.612. The van der Waals surface area contributed by atoms with Crippen LogP contribution in [-0.2, 0) is 14.3 Å². The molecule has 0 aliphatic rings. The number of carbonyl (C=O) groups is 2. The molecule has 0 heterocycles. The number of methoxy groups -OCH3 is 1. The minimum Gasteiger partial charge on any atom is -0.444 e. The lowest BCUT2D eigenvalue weighted by atomic mass is 10.2. The molecule has 20 heavy (non-hydrogen) atoms. The standard InChI is InChI=1S/C14H26N2O4/c1-7-8-9-16(5)12(17)11(10-19-6)15-13(18)20-14(2,3)4/h8-9,11H,7,10H2,1-6H3,(H,15,18)/b9-8+/t11-/m0/s1. The van der Waals surface area contributed by atoms with E-state index in [1.54, 1.807) is 34.0 Å². The second-order valence-electron chi connectivity index (χ2n) is 5.40. The van der Waals surface area contributed by atoms with Gasteiger partial charge < -0.3 is 19.7 Å². The van der Waals surface area contributed by atoms with Crippen molar-refractivity contribution in [2.75, 3.05) is 20.8 Å². The highest BCUT2D eigenvalue weighted by atomic mass is 16.6. The average Bonchev–Trinajstić information content (AvgIpc) is 2.32. The number of carbonyl (C=O) groups excluding carboxylic acids is 2. The molecule has 0 aliphatic heterocycles. The number of rotatable bonds is 6. The molecule has 0 bridgehead atoms. The van der Waals surface area contributed by atoms with E-state index in [0.717, 1.165) is 6.42 Å². The Morgan fingerprint density at radius 1 is 1.35 bits per heavy atom. The molecule has 116 valence electrons. The molecular weight excluding hydrogens is 260 g/mol. The predicted molar refractivity (Wildman–Crippen MR) is 77.2 cm³/mol. The van der Waals surface area contributed by atoms with Crippen LogP contribution in [0.3, 0.4) is 0 Å². The van der Waals surface area contributed by atoms with Gasteiger partial charge in [-0.2, -0.15) is 0 Å². The Kier molecular flexibility index (Phi) is 7.91. The highest BCUT2D eigenvalue weighted by Gasteiger charge is 2.25. The van der Waals surface area contributed by atoms with Crippen molar-refractivity contribution in [2.45, 2.75) is 45.8 Å². The van der Waals surface area contributed by atoms with Gasteiger partial charge in [0.05, 0.1) is 6.61 Å². The molecule has 0 saturated heterocycles. The molecule has 1 N–H and O–H groups in total. The predicted octanol–water partition coefficient (Wildman–Crippen LogP) is 1.91. The van der Waals surface area contributed by atoms with Gasteiger partial charge in [0.2, 0.25) is 0 Å². The molecule has 1 atom stereocenters. The van der Waals surface area contributed by atoms with Gasteiger partial charge in [-0.3, -0.25) is 4.79 Å². The van der Waals surface area contributed by atoms with E-state index in [-0.39, 0.29) is 12.5 Å². The number of amides is 2. The van der Waals surface area contributed by atoms with Crippen LogP contribution in [0, 0.1) is 0 Å². The van der Waals surface area contributed by atoms with Crippen molar-refractivity contribution >= 4 is 12.0 Å². The van der Waals surface area contributed by atoms with E-state index >= 15 is 0 Å². The van der Waals surface area contributed by atoms with E-state index in [1.165, 1.54) is 12.0 Å². The van der Waals surface area contributed by atoms with Gasteiger partial charge in [0.25, 0.3) is 5.91 Å². The van der Waals surface area contributed by atoms with Crippen molar-refractivity contribution in [3.8, 4) is 0 Å². The molecule has 0 aromatic heterocycles. The van der Waals surface area contributed by atoms with Crippen LogP contribution in [0.25, 0.3) is 0 Å². The van der Waals surface area contributed by atoms with E-state index in [2.05, 4.69) is 5.32 Å². The number of hydrogen-bond donors (Lipinski definition) is 1.